The maximum Gasteiger partial charge on any atom is 0.311 e. The third kappa shape index (κ3) is 3.16. The van der Waals surface area contributed by atoms with Gasteiger partial charge < -0.3 is 15.5 Å². The first-order valence-electron chi connectivity index (χ1n) is 6.41. The van der Waals surface area contributed by atoms with Crippen LogP contribution in [0.1, 0.15) is 20.3 Å². The molecule has 0 aliphatic rings. The molecule has 2 rings (SSSR count). The van der Waals surface area contributed by atoms with Crippen molar-refractivity contribution in [2.45, 2.75) is 25.8 Å². The molecule has 1 aromatic carbocycles. The number of hydrogen-bond acceptors (Lipinski definition) is 6. The minimum atomic E-state index is -0.596. The van der Waals surface area contributed by atoms with Crippen LogP contribution < -0.4 is 16.0 Å². The molecule has 0 saturated heterocycles. The van der Waals surface area contributed by atoms with E-state index >= 15 is 0 Å². The van der Waals surface area contributed by atoms with Gasteiger partial charge in [-0.05, 0) is 13.3 Å². The van der Waals surface area contributed by atoms with Crippen LogP contribution in [0.4, 0.5) is 5.69 Å². The second-order valence-corrected chi connectivity index (χ2v) is 5.12. The fourth-order valence-corrected chi connectivity index (χ4v) is 1.69. The lowest BCUT2D eigenvalue weighted by molar-refractivity contribution is -0.385. The quantitative estimate of drug-likeness (QED) is 0.633. The molecule has 0 spiro atoms. The lowest BCUT2D eigenvalue weighted by Crippen LogP contribution is -2.41. The predicted octanol–water partition coefficient (Wildman–Crippen LogP) is 1.34. The van der Waals surface area contributed by atoms with Crippen LogP contribution >= 0.6 is 0 Å². The van der Waals surface area contributed by atoms with E-state index in [1.807, 2.05) is 6.92 Å². The Morgan fingerprint density at radius 1 is 1.52 bits per heavy atom. The molecule has 0 fully saturated rings. The molecule has 3 N–H and O–H groups in total. The van der Waals surface area contributed by atoms with Crippen molar-refractivity contribution in [2.24, 2.45) is 5.73 Å². The molecule has 0 aliphatic heterocycles. The molecule has 1 unspecified atom stereocenters. The highest BCUT2D eigenvalue weighted by molar-refractivity contribution is 5.82. The Morgan fingerprint density at radius 2 is 2.24 bits per heavy atom. The zero-order chi connectivity index (χ0) is 15.6. The van der Waals surface area contributed by atoms with E-state index < -0.39 is 16.0 Å². The monoisotopic (exact) mass is 292 g/mol. The molecule has 1 heterocycles. The van der Waals surface area contributed by atoms with E-state index in [9.17, 15) is 14.9 Å². The number of nitrogens with two attached hydrogens (primary N) is 1. The summed E-state index contributed by atoms with van der Waals surface area (Å²) in [5, 5.41) is 11.3. The van der Waals surface area contributed by atoms with E-state index in [0.29, 0.717) is 11.9 Å². The van der Waals surface area contributed by atoms with Gasteiger partial charge in [0.25, 0.3) is 5.56 Å². The van der Waals surface area contributed by atoms with Crippen LogP contribution in [0.3, 0.4) is 0 Å². The predicted molar refractivity (Wildman–Crippen MR) is 77.4 cm³/mol. The molecule has 1 aromatic heterocycles. The number of ether oxygens (including phenoxy) is 1. The first-order chi connectivity index (χ1) is 9.84. The fraction of sp³-hybridized carbons (Fsp3) is 0.385. The smallest absolute Gasteiger partial charge is 0.311 e. The molecule has 112 valence electrons. The highest BCUT2D eigenvalue weighted by atomic mass is 16.6. The zero-order valence-corrected chi connectivity index (χ0v) is 11.8. The van der Waals surface area contributed by atoms with Crippen molar-refractivity contribution in [3.63, 3.8) is 0 Å². The van der Waals surface area contributed by atoms with E-state index in [-0.39, 0.29) is 23.4 Å². The van der Waals surface area contributed by atoms with Gasteiger partial charge in [-0.15, -0.1) is 0 Å². The summed E-state index contributed by atoms with van der Waals surface area (Å²) in [4.78, 5) is 28.5. The van der Waals surface area contributed by atoms with Crippen molar-refractivity contribution in [1.82, 2.24) is 9.97 Å². The van der Waals surface area contributed by atoms with Gasteiger partial charge in [0.05, 0.1) is 22.2 Å². The number of benzene rings is 1. The van der Waals surface area contributed by atoms with Crippen LogP contribution in [0, 0.1) is 10.1 Å². The standard InChI is InChI=1S/C13H16N4O4/c1-3-13(2,14)6-21-11-5-9-8(4-10(11)17(19)20)12(18)16-7-15-9/h4-5,7H,3,6,14H2,1-2H3,(H,15,16,18). The molecule has 0 amide bonds. The van der Waals surface area contributed by atoms with Gasteiger partial charge in [-0.25, -0.2) is 4.98 Å². The Morgan fingerprint density at radius 3 is 2.86 bits per heavy atom. The van der Waals surface area contributed by atoms with E-state index in [1.54, 1.807) is 6.92 Å². The van der Waals surface area contributed by atoms with Crippen LogP contribution in [-0.2, 0) is 0 Å². The third-order valence-corrected chi connectivity index (χ3v) is 3.28. The zero-order valence-electron chi connectivity index (χ0n) is 11.8. The van der Waals surface area contributed by atoms with Crippen molar-refractivity contribution in [1.29, 1.82) is 0 Å². The van der Waals surface area contributed by atoms with Crippen molar-refractivity contribution in [2.75, 3.05) is 6.61 Å². The largest absolute Gasteiger partial charge is 0.485 e. The summed E-state index contributed by atoms with van der Waals surface area (Å²) in [5.41, 5.74) is 4.97. The molecule has 21 heavy (non-hydrogen) atoms. The van der Waals surface area contributed by atoms with E-state index in [1.165, 1.54) is 12.4 Å². The second-order valence-electron chi connectivity index (χ2n) is 5.12. The van der Waals surface area contributed by atoms with Crippen molar-refractivity contribution in [3.8, 4) is 5.75 Å². The summed E-state index contributed by atoms with van der Waals surface area (Å²) < 4.78 is 5.48. The average Bonchev–Trinajstić information content (AvgIpc) is 2.44. The summed E-state index contributed by atoms with van der Waals surface area (Å²) in [6.45, 7) is 3.82. The minimum absolute atomic E-state index is 0.0516. The number of rotatable bonds is 5. The summed E-state index contributed by atoms with van der Waals surface area (Å²) >= 11 is 0. The van der Waals surface area contributed by atoms with Gasteiger partial charge in [-0.3, -0.25) is 14.9 Å². The molecule has 2 aromatic rings. The maximum absolute atomic E-state index is 11.6. The van der Waals surface area contributed by atoms with Gasteiger partial charge in [0.1, 0.15) is 6.61 Å². The Hall–Kier alpha value is -2.48. The van der Waals surface area contributed by atoms with Crippen LogP contribution in [-0.4, -0.2) is 27.0 Å². The summed E-state index contributed by atoms with van der Waals surface area (Å²) in [6, 6.07) is 2.55. The van der Waals surface area contributed by atoms with Gasteiger partial charge >= 0.3 is 5.69 Å². The van der Waals surface area contributed by atoms with Crippen molar-refractivity contribution in [3.05, 3.63) is 38.9 Å². The van der Waals surface area contributed by atoms with Crippen molar-refractivity contribution < 1.29 is 9.66 Å². The minimum Gasteiger partial charge on any atom is -0.485 e. The van der Waals surface area contributed by atoms with Gasteiger partial charge in [-0.2, -0.15) is 0 Å². The summed E-state index contributed by atoms with van der Waals surface area (Å²) in [6.07, 6.45) is 1.89. The summed E-state index contributed by atoms with van der Waals surface area (Å²) in [7, 11) is 0. The van der Waals surface area contributed by atoms with Gasteiger partial charge in [0, 0.05) is 17.7 Å². The number of nitro benzene ring substituents is 1. The first-order valence-corrected chi connectivity index (χ1v) is 6.41. The number of nitro groups is 1. The molecule has 8 nitrogen and oxygen atoms in total. The Bertz CT molecular complexity index is 739. The molecular weight excluding hydrogens is 276 g/mol. The Kier molecular flexibility index (Phi) is 3.90. The molecule has 0 aliphatic carbocycles. The number of nitrogens with one attached hydrogen (secondary N) is 1. The van der Waals surface area contributed by atoms with Crippen LogP contribution in [0.2, 0.25) is 0 Å². The van der Waals surface area contributed by atoms with Crippen LogP contribution in [0.25, 0.3) is 10.9 Å². The van der Waals surface area contributed by atoms with Gasteiger partial charge in [0.15, 0.2) is 5.75 Å². The fourth-order valence-electron chi connectivity index (χ4n) is 1.69. The highest BCUT2D eigenvalue weighted by Crippen LogP contribution is 2.30. The van der Waals surface area contributed by atoms with E-state index in [0.717, 1.165) is 6.07 Å². The topological polar surface area (TPSA) is 124 Å². The van der Waals surface area contributed by atoms with Crippen molar-refractivity contribution >= 4 is 16.6 Å². The third-order valence-electron chi connectivity index (χ3n) is 3.28. The first kappa shape index (κ1) is 14.9. The van der Waals surface area contributed by atoms with Crippen LogP contribution in [0.5, 0.6) is 5.75 Å². The van der Waals surface area contributed by atoms with Crippen LogP contribution in [0.15, 0.2) is 23.3 Å². The lowest BCUT2D eigenvalue weighted by Gasteiger charge is -2.22. The van der Waals surface area contributed by atoms with Gasteiger partial charge in [-0.1, -0.05) is 6.92 Å². The normalized spacial score (nSPS) is 13.9. The number of hydrogen-bond donors (Lipinski definition) is 2. The molecule has 8 heteroatoms. The number of aromatic nitrogens is 2. The molecule has 0 bridgehead atoms. The highest BCUT2D eigenvalue weighted by Gasteiger charge is 2.22. The molecule has 1 atom stereocenters. The Balaban J connectivity index is 2.49. The number of H-pyrrole nitrogens is 1. The molecular formula is C13H16N4O4. The average molecular weight is 292 g/mol. The van der Waals surface area contributed by atoms with E-state index in [4.69, 9.17) is 10.5 Å². The number of fused-ring (bicyclic) bond motifs is 1. The maximum atomic E-state index is 11.6. The number of aromatic amines is 1. The molecule has 0 saturated carbocycles. The lowest BCUT2D eigenvalue weighted by atomic mass is 10.0. The summed E-state index contributed by atoms with van der Waals surface area (Å²) in [5.74, 6) is 0.0516. The second kappa shape index (κ2) is 5.49. The van der Waals surface area contributed by atoms with Gasteiger partial charge in [0.2, 0.25) is 0 Å². The number of nitrogens with zero attached hydrogens (tertiary/aromatic N) is 2. The Labute approximate surface area is 120 Å². The molecule has 0 radical (unpaired) electrons. The van der Waals surface area contributed by atoms with E-state index in [2.05, 4.69) is 9.97 Å². The SMILES string of the molecule is CCC(C)(N)COc1cc2nc[nH]c(=O)c2cc1[N+](=O)[O-].